The van der Waals surface area contributed by atoms with Crippen molar-refractivity contribution in [2.75, 3.05) is 0 Å². The molecule has 0 spiro atoms. The third-order valence-corrected chi connectivity index (χ3v) is 3.39. The molecule has 0 saturated carbocycles. The summed E-state index contributed by atoms with van der Waals surface area (Å²) >= 11 is 3.47. The van der Waals surface area contributed by atoms with Crippen LogP contribution in [0.25, 0.3) is 0 Å². The van der Waals surface area contributed by atoms with Crippen LogP contribution in [-0.2, 0) is 0 Å². The molecule has 78 valence electrons. The van der Waals surface area contributed by atoms with Crippen molar-refractivity contribution >= 4 is 15.9 Å². The summed E-state index contributed by atoms with van der Waals surface area (Å²) in [5.41, 5.74) is 7.10. The number of hydrogen-bond acceptors (Lipinski definition) is 2. The van der Waals surface area contributed by atoms with E-state index in [4.69, 9.17) is 5.73 Å². The average Bonchev–Trinajstić information content (AvgIpc) is 2.16. The monoisotopic (exact) mass is 256 g/mol. The molecule has 14 heavy (non-hydrogen) atoms. The fourth-order valence-corrected chi connectivity index (χ4v) is 1.83. The third kappa shape index (κ3) is 2.55. The molecule has 1 rings (SSSR count). The Balaban J connectivity index is 2.89. The summed E-state index contributed by atoms with van der Waals surface area (Å²) in [6.45, 7) is 6.53. The molecule has 0 aromatic carbocycles. The molecule has 0 fully saturated rings. The molecule has 0 bridgehead atoms. The van der Waals surface area contributed by atoms with E-state index in [1.54, 1.807) is 6.20 Å². The number of halogens is 1. The average molecular weight is 257 g/mol. The maximum atomic E-state index is 6.15. The van der Waals surface area contributed by atoms with Gasteiger partial charge in [0.1, 0.15) is 0 Å². The Morgan fingerprint density at radius 2 is 2.00 bits per heavy atom. The van der Waals surface area contributed by atoms with Crippen molar-refractivity contribution in [3.8, 4) is 0 Å². The Kier molecular flexibility index (Phi) is 4.08. The van der Waals surface area contributed by atoms with Gasteiger partial charge in [0, 0.05) is 10.7 Å². The third-order valence-electron chi connectivity index (χ3n) is 2.72. The molecule has 0 aliphatic rings. The summed E-state index contributed by atoms with van der Waals surface area (Å²) < 4.78 is 1.00. The first-order valence-corrected chi connectivity index (χ1v) is 5.69. The Hall–Kier alpha value is -0.410. The number of pyridine rings is 1. The first kappa shape index (κ1) is 11.7. The summed E-state index contributed by atoms with van der Waals surface area (Å²) in [5.74, 6) is 1.00. The maximum Gasteiger partial charge on any atom is 0.0715 e. The predicted molar refractivity (Wildman–Crippen MR) is 62.9 cm³/mol. The summed E-state index contributed by atoms with van der Waals surface area (Å²) in [6.07, 6.45) is 1.78. The van der Waals surface area contributed by atoms with Gasteiger partial charge in [-0.3, -0.25) is 4.98 Å². The van der Waals surface area contributed by atoms with E-state index in [0.717, 1.165) is 10.2 Å². The number of aromatic nitrogens is 1. The molecule has 0 radical (unpaired) electrons. The van der Waals surface area contributed by atoms with Crippen LogP contribution >= 0.6 is 15.9 Å². The summed E-state index contributed by atoms with van der Waals surface area (Å²) in [5, 5.41) is 0. The molecule has 0 amide bonds. The van der Waals surface area contributed by atoms with Crippen molar-refractivity contribution < 1.29 is 0 Å². The van der Waals surface area contributed by atoms with Crippen LogP contribution in [0, 0.1) is 11.8 Å². The number of nitrogens with two attached hydrogens (primary N) is 1. The predicted octanol–water partition coefficient (Wildman–Crippen LogP) is 3.14. The Morgan fingerprint density at radius 1 is 1.36 bits per heavy atom. The smallest absolute Gasteiger partial charge is 0.0715 e. The quantitative estimate of drug-likeness (QED) is 0.903. The van der Waals surface area contributed by atoms with E-state index < -0.39 is 0 Å². The molecule has 2 nitrogen and oxygen atoms in total. The summed E-state index contributed by atoms with van der Waals surface area (Å²) in [6, 6.07) is 3.89. The van der Waals surface area contributed by atoms with Gasteiger partial charge in [0.15, 0.2) is 0 Å². The van der Waals surface area contributed by atoms with Crippen molar-refractivity contribution in [2.45, 2.75) is 26.8 Å². The zero-order valence-corrected chi connectivity index (χ0v) is 10.5. The molecule has 0 saturated heterocycles. The highest BCUT2D eigenvalue weighted by atomic mass is 79.9. The van der Waals surface area contributed by atoms with Crippen LogP contribution in [0.5, 0.6) is 0 Å². The highest BCUT2D eigenvalue weighted by Crippen LogP contribution is 2.28. The largest absolute Gasteiger partial charge is 0.322 e. The molecule has 1 aromatic rings. The van der Waals surface area contributed by atoms with E-state index >= 15 is 0 Å². The van der Waals surface area contributed by atoms with Crippen molar-refractivity contribution in [3.05, 3.63) is 28.5 Å². The molecule has 2 N–H and O–H groups in total. The van der Waals surface area contributed by atoms with Gasteiger partial charge in [0.05, 0.1) is 11.7 Å². The molecular formula is C11H17BrN2. The lowest BCUT2D eigenvalue weighted by molar-refractivity contribution is 0.346. The van der Waals surface area contributed by atoms with Gasteiger partial charge in [-0.2, -0.15) is 0 Å². The molecule has 1 heterocycles. The van der Waals surface area contributed by atoms with Gasteiger partial charge < -0.3 is 5.73 Å². The second-order valence-corrected chi connectivity index (χ2v) is 4.85. The SMILES string of the molecule is CC(C)C(C)C(N)c1ncccc1Br. The molecule has 1 aromatic heterocycles. The fourth-order valence-electron chi connectivity index (χ4n) is 1.31. The van der Waals surface area contributed by atoms with Crippen LogP contribution in [0.3, 0.4) is 0 Å². The Bertz CT molecular complexity index is 299. The van der Waals surface area contributed by atoms with Gasteiger partial charge in [0.2, 0.25) is 0 Å². The maximum absolute atomic E-state index is 6.15. The normalized spacial score (nSPS) is 15.6. The minimum absolute atomic E-state index is 0.00516. The second kappa shape index (κ2) is 4.89. The number of nitrogens with zero attached hydrogens (tertiary/aromatic N) is 1. The van der Waals surface area contributed by atoms with Gasteiger partial charge in [-0.05, 0) is 39.9 Å². The first-order chi connectivity index (χ1) is 6.54. The molecule has 3 heteroatoms. The highest BCUT2D eigenvalue weighted by Gasteiger charge is 2.20. The van der Waals surface area contributed by atoms with Crippen molar-refractivity contribution in [3.63, 3.8) is 0 Å². The van der Waals surface area contributed by atoms with E-state index in [1.807, 2.05) is 12.1 Å². The fraction of sp³-hybridized carbons (Fsp3) is 0.545. The van der Waals surface area contributed by atoms with Crippen LogP contribution in [0.2, 0.25) is 0 Å². The van der Waals surface area contributed by atoms with Gasteiger partial charge in [-0.15, -0.1) is 0 Å². The zero-order valence-electron chi connectivity index (χ0n) is 8.87. The van der Waals surface area contributed by atoms with Crippen LogP contribution in [0.15, 0.2) is 22.8 Å². The van der Waals surface area contributed by atoms with E-state index in [9.17, 15) is 0 Å². The van der Waals surface area contributed by atoms with Gasteiger partial charge >= 0.3 is 0 Å². The van der Waals surface area contributed by atoms with E-state index in [-0.39, 0.29) is 6.04 Å². The standard InChI is InChI=1S/C11H17BrN2/c1-7(2)8(3)10(13)11-9(12)5-4-6-14-11/h4-8,10H,13H2,1-3H3. The highest BCUT2D eigenvalue weighted by molar-refractivity contribution is 9.10. The Morgan fingerprint density at radius 3 is 2.50 bits per heavy atom. The van der Waals surface area contributed by atoms with Crippen LogP contribution in [0.1, 0.15) is 32.5 Å². The van der Waals surface area contributed by atoms with Gasteiger partial charge in [0.25, 0.3) is 0 Å². The van der Waals surface area contributed by atoms with Crippen molar-refractivity contribution in [1.82, 2.24) is 4.98 Å². The van der Waals surface area contributed by atoms with E-state index in [0.29, 0.717) is 11.8 Å². The van der Waals surface area contributed by atoms with Crippen LogP contribution < -0.4 is 5.73 Å². The summed E-state index contributed by atoms with van der Waals surface area (Å²) in [4.78, 5) is 4.31. The van der Waals surface area contributed by atoms with Crippen LogP contribution in [-0.4, -0.2) is 4.98 Å². The lowest BCUT2D eigenvalue weighted by atomic mass is 9.89. The van der Waals surface area contributed by atoms with E-state index in [1.165, 1.54) is 0 Å². The van der Waals surface area contributed by atoms with Gasteiger partial charge in [-0.1, -0.05) is 20.8 Å². The minimum atomic E-state index is 0.00516. The first-order valence-electron chi connectivity index (χ1n) is 4.90. The number of rotatable bonds is 3. The van der Waals surface area contributed by atoms with E-state index in [2.05, 4.69) is 41.7 Å². The Labute approximate surface area is 94.0 Å². The van der Waals surface area contributed by atoms with Gasteiger partial charge in [-0.25, -0.2) is 0 Å². The topological polar surface area (TPSA) is 38.9 Å². The zero-order chi connectivity index (χ0) is 10.7. The lowest BCUT2D eigenvalue weighted by Gasteiger charge is -2.23. The van der Waals surface area contributed by atoms with Crippen LogP contribution in [0.4, 0.5) is 0 Å². The molecule has 2 atom stereocenters. The van der Waals surface area contributed by atoms with Crippen molar-refractivity contribution in [2.24, 2.45) is 17.6 Å². The minimum Gasteiger partial charge on any atom is -0.322 e. The molecule has 0 aliphatic heterocycles. The molecule has 0 aliphatic carbocycles. The number of hydrogen-bond donors (Lipinski definition) is 1. The van der Waals surface area contributed by atoms with Crippen molar-refractivity contribution in [1.29, 1.82) is 0 Å². The lowest BCUT2D eigenvalue weighted by Crippen LogP contribution is -2.24. The summed E-state index contributed by atoms with van der Waals surface area (Å²) in [7, 11) is 0. The molecule has 2 unspecified atom stereocenters. The second-order valence-electron chi connectivity index (χ2n) is 4.00. The molecular weight excluding hydrogens is 240 g/mol.